The number of carbonyl (C=O) groups is 1. The Morgan fingerprint density at radius 3 is 1.42 bits per heavy atom. The van der Waals surface area contributed by atoms with Crippen LogP contribution in [0.3, 0.4) is 0 Å². The summed E-state index contributed by atoms with van der Waals surface area (Å²) < 4.78 is 27.9. The molecule has 2 aliphatic rings. The standard InChI is InChI=1S/C27H32O4P.C24H27O2.Fe/c1-16-15-26(17(2)14-24(16)29-7)32(22-12-18(3)27(30-8)19(4)13-22)25-11-9-10-23(25)20(5)31-21(6)28;1-15-11-20(12-16(2)23(15)25-5)22(19-9-7-8-10-19)21-13-17(3)24(26-6)18(4)14-21;/h9-15,20H,1-8H3;7-14,22H,1-6H3;/t20-,32?;;/m1../s1. The summed E-state index contributed by atoms with van der Waals surface area (Å²) in [5, 5.41) is 2.51. The Labute approximate surface area is 367 Å². The smallest absolute Gasteiger partial charge is 0.302 e. The van der Waals surface area contributed by atoms with Crippen LogP contribution in [0.2, 0.25) is 0 Å². The summed E-state index contributed by atoms with van der Waals surface area (Å²) in [7, 11) is 6.00. The SMILES string of the molecule is COc1c(C)cc(C([C]2[CH][CH][CH][CH]2)c2cc(C)c(OC)c(C)c2)cc1C.COc1cc(C)c(P([C]2[CH][CH][CH][C]2[C@@H](C)OC(C)=O)c2cc(C)c(OC)c(C)c2)cc1C.[Fe]. The first-order valence-electron chi connectivity index (χ1n) is 19.7. The molecule has 312 valence electrons. The number of hydrogen-bond donors (Lipinski definition) is 0. The average Bonchev–Trinajstić information content (AvgIpc) is 3.87. The Hall–Kier alpha value is -3.50. The van der Waals surface area contributed by atoms with Gasteiger partial charge >= 0.3 is 5.97 Å². The van der Waals surface area contributed by atoms with E-state index in [-0.39, 0.29) is 35.1 Å². The van der Waals surface area contributed by atoms with Gasteiger partial charge in [-0.15, -0.1) is 0 Å². The number of methoxy groups -OCH3 is 4. The van der Waals surface area contributed by atoms with E-state index in [1.54, 1.807) is 28.4 Å². The number of aryl methyl sites for hydroxylation is 8. The van der Waals surface area contributed by atoms with Gasteiger partial charge in [0, 0.05) is 41.5 Å². The second-order valence-corrected chi connectivity index (χ2v) is 17.4. The third-order valence-corrected chi connectivity index (χ3v) is 13.4. The summed E-state index contributed by atoms with van der Waals surface area (Å²) in [5.41, 5.74) is 12.9. The van der Waals surface area contributed by atoms with Crippen molar-refractivity contribution >= 4 is 24.5 Å². The largest absolute Gasteiger partial charge is 0.496 e. The Morgan fingerprint density at radius 1 is 0.542 bits per heavy atom. The summed E-state index contributed by atoms with van der Waals surface area (Å²) >= 11 is 0. The molecule has 0 amide bonds. The van der Waals surface area contributed by atoms with Gasteiger partial charge in [0.25, 0.3) is 0 Å². The maximum absolute atomic E-state index is 11.7. The van der Waals surface area contributed by atoms with Gasteiger partial charge in [0.1, 0.15) is 29.1 Å². The molecule has 0 bridgehead atoms. The van der Waals surface area contributed by atoms with Crippen LogP contribution in [-0.2, 0) is 26.6 Å². The van der Waals surface area contributed by atoms with E-state index in [4.69, 9.17) is 23.7 Å². The number of hydrogen-bond acceptors (Lipinski definition) is 6. The molecule has 4 aromatic carbocycles. The third-order valence-electron chi connectivity index (χ3n) is 10.8. The van der Waals surface area contributed by atoms with E-state index in [0.29, 0.717) is 0 Å². The zero-order valence-electron chi connectivity index (χ0n) is 37.1. The van der Waals surface area contributed by atoms with Gasteiger partial charge in [-0.1, -0.05) is 24.3 Å². The number of ether oxygens (including phenoxy) is 5. The van der Waals surface area contributed by atoms with Gasteiger partial charge in [0.2, 0.25) is 0 Å². The summed E-state index contributed by atoms with van der Waals surface area (Å²) in [6.45, 7) is 20.2. The van der Waals surface area contributed by atoms with Crippen LogP contribution in [0.25, 0.3) is 0 Å². The molecule has 0 aliphatic heterocycles. The minimum Gasteiger partial charge on any atom is -0.496 e. The Bertz CT molecular complexity index is 1940. The molecule has 10 radical (unpaired) electrons. The van der Waals surface area contributed by atoms with Crippen LogP contribution >= 0.6 is 7.92 Å². The van der Waals surface area contributed by atoms with Crippen LogP contribution in [0.15, 0.2) is 48.5 Å². The first-order chi connectivity index (χ1) is 27.6. The Balaban J connectivity index is 0.000000261. The first kappa shape index (κ1) is 48.2. The molecule has 4 aromatic rings. The summed E-state index contributed by atoms with van der Waals surface area (Å²) in [4.78, 5) is 11.7. The van der Waals surface area contributed by atoms with Gasteiger partial charge in [-0.25, -0.2) is 0 Å². The topological polar surface area (TPSA) is 63.2 Å². The molecule has 59 heavy (non-hydrogen) atoms. The monoisotopic (exact) mass is 854 g/mol. The van der Waals surface area contributed by atoms with E-state index < -0.39 is 7.92 Å². The predicted molar refractivity (Wildman–Crippen MR) is 239 cm³/mol. The number of rotatable bonds is 12. The zero-order chi connectivity index (χ0) is 42.4. The molecule has 2 saturated carbocycles. The van der Waals surface area contributed by atoms with Crippen LogP contribution in [0, 0.1) is 118 Å². The van der Waals surface area contributed by atoms with Gasteiger partial charge in [0.15, 0.2) is 0 Å². The second kappa shape index (κ2) is 21.3. The molecule has 2 fully saturated rings. The van der Waals surface area contributed by atoms with Crippen LogP contribution in [0.1, 0.15) is 75.4 Å². The van der Waals surface area contributed by atoms with Crippen molar-refractivity contribution in [3.63, 3.8) is 0 Å². The minimum absolute atomic E-state index is 0. The fraction of sp³-hybridized carbons (Fsp3) is 0.314. The van der Waals surface area contributed by atoms with Gasteiger partial charge in [-0.05, 0) is 212 Å². The van der Waals surface area contributed by atoms with Crippen LogP contribution in [0.4, 0.5) is 0 Å². The van der Waals surface area contributed by atoms with Crippen molar-refractivity contribution in [2.75, 3.05) is 28.4 Å². The van der Waals surface area contributed by atoms with E-state index in [0.717, 1.165) is 45.6 Å². The van der Waals surface area contributed by atoms with Gasteiger partial charge < -0.3 is 23.7 Å². The van der Waals surface area contributed by atoms with E-state index in [9.17, 15) is 4.79 Å². The number of carbonyl (C=O) groups excluding carboxylic acids is 1. The fourth-order valence-corrected chi connectivity index (χ4v) is 11.4. The average molecular weight is 855 g/mol. The fourth-order valence-electron chi connectivity index (χ4n) is 8.41. The van der Waals surface area contributed by atoms with Crippen molar-refractivity contribution in [2.24, 2.45) is 0 Å². The molecular weight excluding hydrogens is 795 g/mol. The molecule has 0 saturated heterocycles. The van der Waals surface area contributed by atoms with Crippen LogP contribution in [0.5, 0.6) is 23.0 Å². The molecule has 0 aromatic heterocycles. The van der Waals surface area contributed by atoms with Crippen molar-refractivity contribution in [1.29, 1.82) is 0 Å². The summed E-state index contributed by atoms with van der Waals surface area (Å²) in [5.74, 6) is 6.01. The van der Waals surface area contributed by atoms with Crippen LogP contribution in [-0.4, -0.2) is 40.5 Å². The molecule has 1 unspecified atom stereocenters. The minimum atomic E-state index is -0.894. The Morgan fingerprint density at radius 2 is 1.00 bits per heavy atom. The third kappa shape index (κ3) is 10.9. The molecule has 0 N–H and O–H groups in total. The van der Waals surface area contributed by atoms with Crippen LogP contribution < -0.4 is 29.6 Å². The van der Waals surface area contributed by atoms with Gasteiger partial charge in [-0.2, -0.15) is 0 Å². The first-order valence-corrected chi connectivity index (χ1v) is 21.0. The van der Waals surface area contributed by atoms with Gasteiger partial charge in [0.05, 0.1) is 28.4 Å². The van der Waals surface area contributed by atoms with Crippen molar-refractivity contribution in [2.45, 2.75) is 81.3 Å². The summed E-state index contributed by atoms with van der Waals surface area (Å²) in [6.07, 6.45) is 14.6. The molecule has 0 spiro atoms. The van der Waals surface area contributed by atoms with Gasteiger partial charge in [-0.3, -0.25) is 4.79 Å². The maximum atomic E-state index is 11.7. The molecule has 2 aliphatic carbocycles. The van der Waals surface area contributed by atoms with Crippen molar-refractivity contribution in [3.8, 4) is 23.0 Å². The molecule has 6 nitrogen and oxygen atoms in total. The van der Waals surface area contributed by atoms with E-state index >= 15 is 0 Å². The molecule has 2 atom stereocenters. The maximum Gasteiger partial charge on any atom is 0.302 e. The van der Waals surface area contributed by atoms with Crippen molar-refractivity contribution < 1.29 is 45.5 Å². The summed E-state index contributed by atoms with van der Waals surface area (Å²) in [6, 6.07) is 17.8. The number of benzene rings is 4. The molecule has 8 heteroatoms. The zero-order valence-corrected chi connectivity index (χ0v) is 39.1. The molecule has 0 heterocycles. The molecule has 6 rings (SSSR count). The van der Waals surface area contributed by atoms with E-state index in [1.807, 2.05) is 6.92 Å². The number of esters is 1. The second-order valence-electron chi connectivity index (χ2n) is 15.2. The predicted octanol–water partition coefficient (Wildman–Crippen LogP) is 10.5. The van der Waals surface area contributed by atoms with E-state index in [2.05, 4.69) is 149 Å². The van der Waals surface area contributed by atoms with Crippen molar-refractivity contribution in [1.82, 2.24) is 0 Å². The normalized spacial score (nSPS) is 15.6. The molecular formula is C51H59FeO6P. The quantitative estimate of drug-likeness (QED) is 0.0804. The van der Waals surface area contributed by atoms with E-state index in [1.165, 1.54) is 68.1 Å². The van der Waals surface area contributed by atoms with Crippen molar-refractivity contribution in [3.05, 3.63) is 167 Å². The Kier molecular flexibility index (Phi) is 17.4.